The Morgan fingerprint density at radius 3 is 2.86 bits per heavy atom. The molecule has 3 aliphatic rings. The zero-order chi connectivity index (χ0) is 20.1. The Morgan fingerprint density at radius 2 is 2.14 bits per heavy atom. The molecular formula is C17H24N10O2. The number of pyridine rings is 1. The average molecular weight is 400 g/mol. The quantitative estimate of drug-likeness (QED) is 0.340. The molecule has 0 radical (unpaired) electrons. The van der Waals surface area contributed by atoms with Gasteiger partial charge in [0, 0.05) is 18.9 Å². The van der Waals surface area contributed by atoms with Gasteiger partial charge in [-0.2, -0.15) is 15.2 Å². The monoisotopic (exact) mass is 400 g/mol. The number of carbonyl (C=O) groups is 1. The zero-order valence-corrected chi connectivity index (χ0v) is 15.9. The van der Waals surface area contributed by atoms with Gasteiger partial charge in [0.05, 0.1) is 12.3 Å². The van der Waals surface area contributed by atoms with Crippen LogP contribution in [0.4, 0.5) is 0 Å². The molecule has 12 nitrogen and oxygen atoms in total. The van der Waals surface area contributed by atoms with Crippen LogP contribution in [0.25, 0.3) is 0 Å². The van der Waals surface area contributed by atoms with Gasteiger partial charge in [0.25, 0.3) is 5.91 Å². The maximum atomic E-state index is 12.8. The third-order valence-electron chi connectivity index (χ3n) is 5.01. The summed E-state index contributed by atoms with van der Waals surface area (Å²) in [6.07, 6.45) is 7.85. The molecule has 154 valence electrons. The van der Waals surface area contributed by atoms with Crippen LogP contribution in [0.5, 0.6) is 0 Å². The third-order valence-corrected chi connectivity index (χ3v) is 5.01. The molecule has 0 aliphatic carbocycles. The van der Waals surface area contributed by atoms with E-state index in [0.717, 1.165) is 31.5 Å². The summed E-state index contributed by atoms with van der Waals surface area (Å²) in [6, 6.07) is 3.23. The minimum atomic E-state index is -0.529. The normalized spacial score (nSPS) is 25.4. The van der Waals surface area contributed by atoms with Gasteiger partial charge in [-0.1, -0.05) is 6.42 Å². The van der Waals surface area contributed by atoms with E-state index in [1.807, 2.05) is 0 Å². The number of oxime groups is 1. The largest absolute Gasteiger partial charge is 0.382 e. The van der Waals surface area contributed by atoms with Gasteiger partial charge >= 0.3 is 0 Å². The van der Waals surface area contributed by atoms with E-state index in [4.69, 9.17) is 10.7 Å². The molecule has 1 aromatic heterocycles. The van der Waals surface area contributed by atoms with Crippen LogP contribution in [0.3, 0.4) is 0 Å². The Morgan fingerprint density at radius 1 is 1.34 bits per heavy atom. The highest BCUT2D eigenvalue weighted by Gasteiger charge is 2.42. The van der Waals surface area contributed by atoms with E-state index in [1.165, 1.54) is 6.42 Å². The Hall–Kier alpha value is -3.09. The molecule has 0 spiro atoms. The van der Waals surface area contributed by atoms with Crippen molar-refractivity contribution in [3.8, 4) is 0 Å². The zero-order valence-electron chi connectivity index (χ0n) is 15.9. The average Bonchev–Trinajstić information content (AvgIpc) is 3.35. The highest BCUT2D eigenvalue weighted by Crippen LogP contribution is 2.17. The number of rotatable bonds is 6. The number of hydrazine groups is 1. The van der Waals surface area contributed by atoms with E-state index in [-0.39, 0.29) is 17.8 Å². The summed E-state index contributed by atoms with van der Waals surface area (Å²) in [7, 11) is 0. The van der Waals surface area contributed by atoms with Crippen molar-refractivity contribution in [2.75, 3.05) is 19.6 Å². The minimum Gasteiger partial charge on any atom is -0.382 e. The van der Waals surface area contributed by atoms with Crippen molar-refractivity contribution in [3.05, 3.63) is 30.1 Å². The van der Waals surface area contributed by atoms with Gasteiger partial charge in [-0.15, -0.1) is 5.48 Å². The number of likely N-dealkylation sites (tertiary alicyclic amines) is 1. The van der Waals surface area contributed by atoms with Gasteiger partial charge in [0.1, 0.15) is 5.71 Å². The van der Waals surface area contributed by atoms with Gasteiger partial charge in [0.2, 0.25) is 0 Å². The van der Waals surface area contributed by atoms with E-state index < -0.39 is 6.17 Å². The molecule has 2 atom stereocenters. The first kappa shape index (κ1) is 19.2. The molecule has 5 N–H and O–H groups in total. The summed E-state index contributed by atoms with van der Waals surface area (Å²) in [5, 5.41) is 13.7. The van der Waals surface area contributed by atoms with Crippen LogP contribution in [-0.2, 0) is 9.73 Å². The first-order chi connectivity index (χ1) is 14.2. The number of piperidine rings is 1. The van der Waals surface area contributed by atoms with E-state index in [9.17, 15) is 4.79 Å². The van der Waals surface area contributed by atoms with Crippen LogP contribution in [0.2, 0.25) is 0 Å². The lowest BCUT2D eigenvalue weighted by Gasteiger charge is -2.33. The number of hydroxylamine groups is 1. The summed E-state index contributed by atoms with van der Waals surface area (Å²) in [4.78, 5) is 23.9. The van der Waals surface area contributed by atoms with Gasteiger partial charge in [0.15, 0.2) is 12.0 Å². The summed E-state index contributed by atoms with van der Waals surface area (Å²) in [5.41, 5.74) is 15.2. The number of hydrogen-bond acceptors (Lipinski definition) is 11. The molecule has 1 saturated heterocycles. The fourth-order valence-corrected chi connectivity index (χ4v) is 3.50. The molecule has 29 heavy (non-hydrogen) atoms. The minimum absolute atomic E-state index is 0.258. The van der Waals surface area contributed by atoms with Crippen molar-refractivity contribution in [3.63, 3.8) is 0 Å². The number of hydrogen-bond donors (Lipinski definition) is 4. The van der Waals surface area contributed by atoms with Crippen LogP contribution in [0.15, 0.2) is 39.9 Å². The summed E-state index contributed by atoms with van der Waals surface area (Å²) >= 11 is 0. The molecule has 0 saturated carbocycles. The SMILES string of the molecule is NC1=NONC1N1NN=C(C(=O)N/N=C/c2ccncc2)C1CN1CCCCC1. The number of amidine groups is 1. The van der Waals surface area contributed by atoms with E-state index in [1.54, 1.807) is 35.7 Å². The molecule has 0 bridgehead atoms. The molecule has 1 aromatic rings. The number of carbonyl (C=O) groups excluding carboxylic acids is 1. The summed E-state index contributed by atoms with van der Waals surface area (Å²) in [6.45, 7) is 2.59. The van der Waals surface area contributed by atoms with Gasteiger partial charge in [-0.05, 0) is 48.8 Å². The van der Waals surface area contributed by atoms with Crippen molar-refractivity contribution in [1.29, 1.82) is 0 Å². The van der Waals surface area contributed by atoms with Gasteiger partial charge in [-0.25, -0.2) is 11.0 Å². The Kier molecular flexibility index (Phi) is 5.93. The highest BCUT2D eigenvalue weighted by molar-refractivity contribution is 6.41. The number of hydrazone groups is 2. The lowest BCUT2D eigenvalue weighted by molar-refractivity contribution is -0.115. The lowest BCUT2D eigenvalue weighted by atomic mass is 10.1. The second kappa shape index (κ2) is 8.94. The van der Waals surface area contributed by atoms with E-state index >= 15 is 0 Å². The maximum Gasteiger partial charge on any atom is 0.289 e. The first-order valence-corrected chi connectivity index (χ1v) is 9.54. The van der Waals surface area contributed by atoms with E-state index in [2.05, 4.69) is 41.7 Å². The summed E-state index contributed by atoms with van der Waals surface area (Å²) < 4.78 is 0. The molecule has 4 rings (SSSR count). The van der Waals surface area contributed by atoms with Crippen LogP contribution >= 0.6 is 0 Å². The topological polar surface area (TPSA) is 145 Å². The van der Waals surface area contributed by atoms with Gasteiger partial charge < -0.3 is 10.6 Å². The van der Waals surface area contributed by atoms with Crippen LogP contribution in [0.1, 0.15) is 24.8 Å². The molecule has 12 heteroatoms. The Bertz CT molecular complexity index is 806. The standard InChI is InChI=1S/C17H24N10O2/c18-15-16(24-29-23-15)27-13(11-26-8-2-1-3-9-26)14(21-25-27)17(28)22-20-10-12-4-6-19-7-5-12/h4-7,10,13,16,24-25H,1-3,8-9,11H2,(H2,18,23)(H,22,28)/b20-10+. The molecule has 3 aliphatic heterocycles. The fourth-order valence-electron chi connectivity index (χ4n) is 3.50. The number of nitrogens with one attached hydrogen (secondary N) is 3. The highest BCUT2D eigenvalue weighted by atomic mass is 16.8. The van der Waals surface area contributed by atoms with Crippen molar-refractivity contribution < 1.29 is 9.73 Å². The number of nitrogens with zero attached hydrogens (tertiary/aromatic N) is 6. The van der Waals surface area contributed by atoms with Crippen molar-refractivity contribution in [2.45, 2.75) is 31.5 Å². The number of nitrogens with two attached hydrogens (primary N) is 1. The molecule has 2 unspecified atom stereocenters. The van der Waals surface area contributed by atoms with Crippen molar-refractivity contribution >= 4 is 23.7 Å². The third kappa shape index (κ3) is 4.50. The van der Waals surface area contributed by atoms with Crippen LogP contribution < -0.4 is 22.2 Å². The molecule has 1 fully saturated rings. The first-order valence-electron chi connectivity index (χ1n) is 9.54. The maximum absolute atomic E-state index is 12.8. The smallest absolute Gasteiger partial charge is 0.289 e. The second-order valence-corrected chi connectivity index (χ2v) is 6.99. The molecule has 0 aromatic carbocycles. The fraction of sp³-hybridized carbons (Fsp3) is 0.471. The second-order valence-electron chi connectivity index (χ2n) is 6.99. The Balaban J connectivity index is 1.45. The number of amides is 1. The van der Waals surface area contributed by atoms with Crippen molar-refractivity contribution in [1.82, 2.24) is 31.3 Å². The molecule has 4 heterocycles. The summed E-state index contributed by atoms with van der Waals surface area (Å²) in [5.74, 6) is -0.129. The number of aromatic nitrogens is 1. The predicted octanol–water partition coefficient (Wildman–Crippen LogP) is -1.30. The van der Waals surface area contributed by atoms with E-state index in [0.29, 0.717) is 12.3 Å². The van der Waals surface area contributed by atoms with Crippen LogP contribution in [-0.4, -0.2) is 70.4 Å². The molecular weight excluding hydrogens is 376 g/mol. The predicted molar refractivity (Wildman–Crippen MR) is 106 cm³/mol. The van der Waals surface area contributed by atoms with Gasteiger partial charge in [-0.3, -0.25) is 14.7 Å². The van der Waals surface area contributed by atoms with Crippen molar-refractivity contribution in [2.24, 2.45) is 21.1 Å². The molecule has 1 amide bonds. The lowest BCUT2D eigenvalue weighted by Crippen LogP contribution is -2.60. The Labute approximate surface area is 167 Å². The van der Waals surface area contributed by atoms with Crippen LogP contribution in [0, 0.1) is 0 Å².